The second kappa shape index (κ2) is 7.63. The van der Waals surface area contributed by atoms with E-state index in [9.17, 15) is 4.79 Å². The standard InChI is InChI=1S/C12H25N3O2/c1-3-15-6-7-17-11(9-15)8-14-12(16)10(2)4-5-13/h10-11H,3-9,13H2,1-2H3,(H,14,16). The van der Waals surface area contributed by atoms with Crippen LogP contribution in [0.25, 0.3) is 0 Å². The van der Waals surface area contributed by atoms with Crippen molar-refractivity contribution in [1.82, 2.24) is 10.2 Å². The molecule has 2 unspecified atom stereocenters. The van der Waals surface area contributed by atoms with Crippen molar-refractivity contribution in [3.63, 3.8) is 0 Å². The normalized spacial score (nSPS) is 23.4. The predicted molar refractivity (Wildman–Crippen MR) is 67.7 cm³/mol. The first-order valence-electron chi connectivity index (χ1n) is 6.49. The summed E-state index contributed by atoms with van der Waals surface area (Å²) >= 11 is 0. The van der Waals surface area contributed by atoms with Gasteiger partial charge in [-0.3, -0.25) is 9.69 Å². The molecule has 1 saturated heterocycles. The molecule has 1 heterocycles. The van der Waals surface area contributed by atoms with Crippen molar-refractivity contribution in [3.8, 4) is 0 Å². The zero-order valence-corrected chi connectivity index (χ0v) is 10.9. The van der Waals surface area contributed by atoms with Gasteiger partial charge >= 0.3 is 0 Å². The Hall–Kier alpha value is -0.650. The number of carbonyl (C=O) groups excluding carboxylic acids is 1. The topological polar surface area (TPSA) is 67.6 Å². The Morgan fingerprint density at radius 1 is 1.65 bits per heavy atom. The number of ether oxygens (including phenoxy) is 1. The van der Waals surface area contributed by atoms with Gasteiger partial charge in [-0.25, -0.2) is 0 Å². The molecule has 0 radical (unpaired) electrons. The Bertz CT molecular complexity index is 236. The van der Waals surface area contributed by atoms with Crippen LogP contribution in [0.5, 0.6) is 0 Å². The maximum atomic E-state index is 11.7. The molecule has 1 fully saturated rings. The molecule has 2 atom stereocenters. The summed E-state index contributed by atoms with van der Waals surface area (Å²) in [6.45, 7) is 8.89. The molecule has 1 rings (SSSR count). The molecule has 1 amide bonds. The predicted octanol–water partition coefficient (Wildman–Crippen LogP) is -0.192. The molecule has 0 aliphatic carbocycles. The first kappa shape index (κ1) is 14.4. The summed E-state index contributed by atoms with van der Waals surface area (Å²) < 4.78 is 5.62. The van der Waals surface area contributed by atoms with E-state index in [2.05, 4.69) is 17.1 Å². The third-order valence-corrected chi connectivity index (χ3v) is 3.22. The molecule has 1 aliphatic heterocycles. The summed E-state index contributed by atoms with van der Waals surface area (Å²) in [6, 6.07) is 0. The smallest absolute Gasteiger partial charge is 0.222 e. The summed E-state index contributed by atoms with van der Waals surface area (Å²) in [6.07, 6.45) is 0.857. The van der Waals surface area contributed by atoms with Gasteiger partial charge in [0.25, 0.3) is 0 Å². The summed E-state index contributed by atoms with van der Waals surface area (Å²) in [5.74, 6) is 0.0681. The first-order chi connectivity index (χ1) is 8.17. The molecule has 0 aromatic carbocycles. The van der Waals surface area contributed by atoms with E-state index < -0.39 is 0 Å². The minimum Gasteiger partial charge on any atom is -0.374 e. The van der Waals surface area contributed by atoms with Crippen molar-refractivity contribution < 1.29 is 9.53 Å². The average molecular weight is 243 g/mol. The molecular weight excluding hydrogens is 218 g/mol. The van der Waals surface area contributed by atoms with Crippen LogP contribution in [0.3, 0.4) is 0 Å². The molecule has 3 N–H and O–H groups in total. The van der Waals surface area contributed by atoms with Gasteiger partial charge in [0, 0.05) is 25.6 Å². The third-order valence-electron chi connectivity index (χ3n) is 3.22. The molecular formula is C12H25N3O2. The van der Waals surface area contributed by atoms with Crippen LogP contribution < -0.4 is 11.1 Å². The number of morpholine rings is 1. The maximum absolute atomic E-state index is 11.7. The second-order valence-electron chi connectivity index (χ2n) is 4.61. The number of amides is 1. The summed E-state index contributed by atoms with van der Waals surface area (Å²) in [4.78, 5) is 14.0. The molecule has 0 saturated carbocycles. The molecule has 0 aromatic rings. The highest BCUT2D eigenvalue weighted by molar-refractivity contribution is 5.78. The number of hydrogen-bond donors (Lipinski definition) is 2. The fraction of sp³-hybridized carbons (Fsp3) is 0.917. The van der Waals surface area contributed by atoms with E-state index in [1.807, 2.05) is 6.92 Å². The SMILES string of the molecule is CCN1CCOC(CNC(=O)C(C)CCN)C1. The highest BCUT2D eigenvalue weighted by Gasteiger charge is 2.20. The van der Waals surface area contributed by atoms with Crippen molar-refractivity contribution in [2.45, 2.75) is 26.4 Å². The summed E-state index contributed by atoms with van der Waals surface area (Å²) in [7, 11) is 0. The fourth-order valence-electron chi connectivity index (χ4n) is 1.96. The van der Waals surface area contributed by atoms with Gasteiger partial charge in [-0.1, -0.05) is 13.8 Å². The molecule has 0 aromatic heterocycles. The van der Waals surface area contributed by atoms with E-state index in [0.29, 0.717) is 13.1 Å². The molecule has 100 valence electrons. The Kier molecular flexibility index (Phi) is 6.47. The number of carbonyl (C=O) groups is 1. The lowest BCUT2D eigenvalue weighted by molar-refractivity contribution is -0.125. The van der Waals surface area contributed by atoms with Crippen LogP contribution >= 0.6 is 0 Å². The second-order valence-corrected chi connectivity index (χ2v) is 4.61. The molecule has 0 bridgehead atoms. The monoisotopic (exact) mass is 243 g/mol. The van der Waals surface area contributed by atoms with Gasteiger partial charge in [0.15, 0.2) is 0 Å². The molecule has 1 aliphatic rings. The van der Waals surface area contributed by atoms with Crippen LogP contribution in [-0.4, -0.2) is 56.2 Å². The molecule has 17 heavy (non-hydrogen) atoms. The van der Waals surface area contributed by atoms with E-state index in [-0.39, 0.29) is 17.9 Å². The van der Waals surface area contributed by atoms with Gasteiger partial charge < -0.3 is 15.8 Å². The van der Waals surface area contributed by atoms with Crippen molar-refractivity contribution in [3.05, 3.63) is 0 Å². The quantitative estimate of drug-likeness (QED) is 0.678. The lowest BCUT2D eigenvalue weighted by Crippen LogP contribution is -2.48. The molecule has 5 nitrogen and oxygen atoms in total. The number of likely N-dealkylation sites (N-methyl/N-ethyl adjacent to an activating group) is 1. The van der Waals surface area contributed by atoms with Crippen molar-refractivity contribution >= 4 is 5.91 Å². The Morgan fingerprint density at radius 2 is 2.41 bits per heavy atom. The number of nitrogens with one attached hydrogen (secondary N) is 1. The average Bonchev–Trinajstić information content (AvgIpc) is 2.36. The zero-order chi connectivity index (χ0) is 12.7. The van der Waals surface area contributed by atoms with Crippen LogP contribution in [-0.2, 0) is 9.53 Å². The van der Waals surface area contributed by atoms with Gasteiger partial charge in [-0.05, 0) is 19.5 Å². The highest BCUT2D eigenvalue weighted by atomic mass is 16.5. The first-order valence-corrected chi connectivity index (χ1v) is 6.49. The number of nitrogens with zero attached hydrogens (tertiary/aromatic N) is 1. The minimum absolute atomic E-state index is 0.00845. The van der Waals surface area contributed by atoms with E-state index in [1.165, 1.54) is 0 Å². The van der Waals surface area contributed by atoms with Crippen molar-refractivity contribution in [1.29, 1.82) is 0 Å². The van der Waals surface area contributed by atoms with Crippen LogP contribution in [0.4, 0.5) is 0 Å². The number of nitrogens with two attached hydrogens (primary N) is 1. The van der Waals surface area contributed by atoms with Crippen molar-refractivity contribution in [2.75, 3.05) is 39.3 Å². The molecule has 0 spiro atoms. The number of hydrogen-bond acceptors (Lipinski definition) is 4. The number of rotatable bonds is 6. The van der Waals surface area contributed by atoms with E-state index in [4.69, 9.17) is 10.5 Å². The minimum atomic E-state index is -0.00845. The van der Waals surface area contributed by atoms with Gasteiger partial charge in [-0.15, -0.1) is 0 Å². The Balaban J connectivity index is 2.23. The Morgan fingerprint density at radius 3 is 3.06 bits per heavy atom. The van der Waals surface area contributed by atoms with Crippen LogP contribution in [0.15, 0.2) is 0 Å². The van der Waals surface area contributed by atoms with Gasteiger partial charge in [0.1, 0.15) is 0 Å². The van der Waals surface area contributed by atoms with E-state index >= 15 is 0 Å². The van der Waals surface area contributed by atoms with Crippen LogP contribution in [0.2, 0.25) is 0 Å². The molecule has 5 heteroatoms. The third kappa shape index (κ3) is 5.02. The lowest BCUT2D eigenvalue weighted by atomic mass is 10.1. The summed E-state index contributed by atoms with van der Waals surface area (Å²) in [5, 5.41) is 2.94. The van der Waals surface area contributed by atoms with Gasteiger partial charge in [0.05, 0.1) is 12.7 Å². The van der Waals surface area contributed by atoms with E-state index in [0.717, 1.165) is 32.7 Å². The van der Waals surface area contributed by atoms with Crippen LogP contribution in [0.1, 0.15) is 20.3 Å². The van der Waals surface area contributed by atoms with Gasteiger partial charge in [-0.2, -0.15) is 0 Å². The fourth-order valence-corrected chi connectivity index (χ4v) is 1.96. The zero-order valence-electron chi connectivity index (χ0n) is 10.9. The highest BCUT2D eigenvalue weighted by Crippen LogP contribution is 2.05. The summed E-state index contributed by atoms with van der Waals surface area (Å²) in [5.41, 5.74) is 5.43. The van der Waals surface area contributed by atoms with Gasteiger partial charge in [0.2, 0.25) is 5.91 Å². The Labute approximate surface area is 104 Å². The van der Waals surface area contributed by atoms with Crippen LogP contribution in [0, 0.1) is 5.92 Å². The lowest BCUT2D eigenvalue weighted by Gasteiger charge is -2.32. The van der Waals surface area contributed by atoms with E-state index in [1.54, 1.807) is 0 Å². The largest absolute Gasteiger partial charge is 0.374 e. The maximum Gasteiger partial charge on any atom is 0.222 e. The van der Waals surface area contributed by atoms with Crippen molar-refractivity contribution in [2.24, 2.45) is 11.7 Å².